The van der Waals surface area contributed by atoms with Crippen molar-refractivity contribution in [2.45, 2.75) is 37.6 Å². The van der Waals surface area contributed by atoms with Crippen LogP contribution in [0.1, 0.15) is 28.2 Å². The Morgan fingerprint density at radius 3 is 2.42 bits per heavy atom. The Hall–Kier alpha value is -2.93. The SMILES string of the molecule is c1ccc(CN(Cc2cccc(SN3Cc4ccccc4C3)c2)Cc2ncc[nH]2)nc1. The van der Waals surface area contributed by atoms with E-state index in [0.717, 1.165) is 44.2 Å². The van der Waals surface area contributed by atoms with E-state index >= 15 is 0 Å². The number of aromatic nitrogens is 3. The van der Waals surface area contributed by atoms with Crippen molar-refractivity contribution in [2.75, 3.05) is 0 Å². The molecule has 0 fully saturated rings. The smallest absolute Gasteiger partial charge is 0.120 e. The number of hydrogen-bond donors (Lipinski definition) is 1. The molecule has 0 unspecified atom stereocenters. The molecule has 0 radical (unpaired) electrons. The van der Waals surface area contributed by atoms with E-state index in [9.17, 15) is 0 Å². The Bertz CT molecular complexity index is 1090. The summed E-state index contributed by atoms with van der Waals surface area (Å²) in [4.78, 5) is 15.8. The van der Waals surface area contributed by atoms with Crippen molar-refractivity contribution in [1.29, 1.82) is 0 Å². The molecule has 2 aromatic carbocycles. The number of nitrogens with one attached hydrogen (secondary N) is 1. The summed E-state index contributed by atoms with van der Waals surface area (Å²) < 4.78 is 2.43. The Morgan fingerprint density at radius 1 is 0.839 bits per heavy atom. The minimum absolute atomic E-state index is 0.752. The van der Waals surface area contributed by atoms with E-state index in [-0.39, 0.29) is 0 Å². The van der Waals surface area contributed by atoms with E-state index in [1.54, 1.807) is 6.20 Å². The fourth-order valence-corrected chi connectivity index (χ4v) is 5.01. The van der Waals surface area contributed by atoms with Crippen LogP contribution in [0.3, 0.4) is 0 Å². The van der Waals surface area contributed by atoms with E-state index in [1.807, 2.05) is 36.5 Å². The van der Waals surface area contributed by atoms with Crippen LogP contribution in [0.4, 0.5) is 0 Å². The van der Waals surface area contributed by atoms with Gasteiger partial charge < -0.3 is 4.98 Å². The first-order chi connectivity index (χ1) is 15.3. The molecule has 4 aromatic rings. The summed E-state index contributed by atoms with van der Waals surface area (Å²) in [5.74, 6) is 0.969. The zero-order valence-corrected chi connectivity index (χ0v) is 18.1. The van der Waals surface area contributed by atoms with Gasteiger partial charge in [-0.1, -0.05) is 42.5 Å². The third-order valence-corrected chi connectivity index (χ3v) is 6.37. The number of H-pyrrole nitrogens is 1. The van der Waals surface area contributed by atoms with Gasteiger partial charge in [0, 0.05) is 49.7 Å². The minimum atomic E-state index is 0.752. The summed E-state index contributed by atoms with van der Waals surface area (Å²) in [6, 6.07) is 23.7. The number of pyridine rings is 1. The number of hydrogen-bond acceptors (Lipinski definition) is 5. The van der Waals surface area contributed by atoms with Crippen molar-refractivity contribution in [2.24, 2.45) is 0 Å². The molecule has 156 valence electrons. The molecule has 0 saturated carbocycles. The molecule has 3 heterocycles. The minimum Gasteiger partial charge on any atom is -0.348 e. The number of benzene rings is 2. The van der Waals surface area contributed by atoms with Crippen LogP contribution in [0.25, 0.3) is 0 Å². The number of aromatic amines is 1. The monoisotopic (exact) mass is 427 g/mol. The van der Waals surface area contributed by atoms with Crippen LogP contribution in [0, 0.1) is 0 Å². The lowest BCUT2D eigenvalue weighted by atomic mass is 10.1. The molecule has 6 heteroatoms. The van der Waals surface area contributed by atoms with Gasteiger partial charge in [-0.25, -0.2) is 9.29 Å². The summed E-state index contributed by atoms with van der Waals surface area (Å²) in [5, 5.41) is 0. The van der Waals surface area contributed by atoms with E-state index < -0.39 is 0 Å². The summed E-state index contributed by atoms with van der Waals surface area (Å²) in [6.07, 6.45) is 5.53. The standard InChI is InChI=1S/C25H25N5S/c1-2-8-22-17-30(16-21(22)7-1)31-24-10-5-6-20(14-24)15-29(19-25-27-12-13-28-25)18-23-9-3-4-11-26-23/h1-14H,15-19H2,(H,27,28). The Balaban J connectivity index is 1.28. The highest BCUT2D eigenvalue weighted by molar-refractivity contribution is 7.97. The summed E-state index contributed by atoms with van der Waals surface area (Å²) in [7, 11) is 0. The second-order valence-corrected chi connectivity index (χ2v) is 8.98. The summed E-state index contributed by atoms with van der Waals surface area (Å²) in [5.41, 5.74) is 5.23. The maximum Gasteiger partial charge on any atom is 0.120 e. The largest absolute Gasteiger partial charge is 0.348 e. The van der Waals surface area contributed by atoms with E-state index in [1.165, 1.54) is 21.6 Å². The van der Waals surface area contributed by atoms with Gasteiger partial charge in [-0.3, -0.25) is 9.88 Å². The topological polar surface area (TPSA) is 48.0 Å². The zero-order valence-electron chi connectivity index (χ0n) is 17.3. The van der Waals surface area contributed by atoms with Crippen molar-refractivity contribution in [3.05, 3.63) is 114 Å². The molecule has 1 N–H and O–H groups in total. The van der Waals surface area contributed by atoms with Gasteiger partial charge in [0.05, 0.1) is 12.2 Å². The third-order valence-electron chi connectivity index (χ3n) is 5.39. The first kappa shape index (κ1) is 20.0. The van der Waals surface area contributed by atoms with Crippen molar-refractivity contribution >= 4 is 11.9 Å². The van der Waals surface area contributed by atoms with Gasteiger partial charge in [0.15, 0.2) is 0 Å². The molecule has 5 nitrogen and oxygen atoms in total. The fourth-order valence-electron chi connectivity index (χ4n) is 3.96. The van der Waals surface area contributed by atoms with Crippen molar-refractivity contribution in [1.82, 2.24) is 24.2 Å². The molecule has 1 aliphatic heterocycles. The number of imidazole rings is 1. The van der Waals surface area contributed by atoms with Crippen LogP contribution in [-0.4, -0.2) is 24.2 Å². The zero-order chi connectivity index (χ0) is 20.9. The number of fused-ring (bicyclic) bond motifs is 1. The van der Waals surface area contributed by atoms with Crippen LogP contribution in [0.2, 0.25) is 0 Å². The molecule has 2 aromatic heterocycles. The normalized spacial score (nSPS) is 13.6. The lowest BCUT2D eigenvalue weighted by molar-refractivity contribution is 0.239. The lowest BCUT2D eigenvalue weighted by Crippen LogP contribution is -2.23. The second-order valence-electron chi connectivity index (χ2n) is 7.81. The van der Waals surface area contributed by atoms with Crippen molar-refractivity contribution < 1.29 is 0 Å². The molecular weight excluding hydrogens is 402 g/mol. The second kappa shape index (κ2) is 9.47. The maximum absolute atomic E-state index is 4.51. The van der Waals surface area contributed by atoms with Crippen molar-refractivity contribution in [3.8, 4) is 0 Å². The highest BCUT2D eigenvalue weighted by Gasteiger charge is 2.19. The highest BCUT2D eigenvalue weighted by Crippen LogP contribution is 2.33. The molecule has 0 amide bonds. The number of rotatable bonds is 8. The molecular formula is C25H25N5S. The van der Waals surface area contributed by atoms with Crippen LogP contribution < -0.4 is 0 Å². The first-order valence-electron chi connectivity index (χ1n) is 10.5. The third kappa shape index (κ3) is 5.22. The van der Waals surface area contributed by atoms with Crippen LogP contribution in [-0.2, 0) is 32.7 Å². The van der Waals surface area contributed by atoms with E-state index in [0.29, 0.717) is 0 Å². The van der Waals surface area contributed by atoms with Gasteiger partial charge in [-0.05, 0) is 52.9 Å². The average molecular weight is 428 g/mol. The maximum atomic E-state index is 4.51. The molecule has 0 spiro atoms. The van der Waals surface area contributed by atoms with E-state index in [4.69, 9.17) is 0 Å². The quantitative estimate of drug-likeness (QED) is 0.400. The molecule has 0 bridgehead atoms. The molecule has 1 aliphatic rings. The Morgan fingerprint density at radius 2 is 1.68 bits per heavy atom. The van der Waals surface area contributed by atoms with Crippen LogP contribution >= 0.6 is 11.9 Å². The lowest BCUT2D eigenvalue weighted by Gasteiger charge is -2.22. The number of nitrogens with zero attached hydrogens (tertiary/aromatic N) is 4. The van der Waals surface area contributed by atoms with Gasteiger partial charge in [-0.15, -0.1) is 0 Å². The molecule has 5 rings (SSSR count). The van der Waals surface area contributed by atoms with E-state index in [2.05, 4.69) is 78.8 Å². The fraction of sp³-hybridized carbons (Fsp3) is 0.200. The van der Waals surface area contributed by atoms with Gasteiger partial charge in [0.25, 0.3) is 0 Å². The Labute approximate surface area is 187 Å². The predicted molar refractivity (Wildman–Crippen MR) is 124 cm³/mol. The summed E-state index contributed by atoms with van der Waals surface area (Å²) >= 11 is 1.84. The van der Waals surface area contributed by atoms with Crippen molar-refractivity contribution in [3.63, 3.8) is 0 Å². The van der Waals surface area contributed by atoms with Gasteiger partial charge in [0.2, 0.25) is 0 Å². The molecule has 0 saturated heterocycles. The van der Waals surface area contributed by atoms with Gasteiger partial charge in [0.1, 0.15) is 5.82 Å². The average Bonchev–Trinajstić information content (AvgIpc) is 3.44. The Kier molecular flexibility index (Phi) is 6.11. The summed E-state index contributed by atoms with van der Waals surface area (Å²) in [6.45, 7) is 4.36. The van der Waals surface area contributed by atoms with Crippen LogP contribution in [0.5, 0.6) is 0 Å². The van der Waals surface area contributed by atoms with Gasteiger partial charge >= 0.3 is 0 Å². The highest BCUT2D eigenvalue weighted by atomic mass is 32.2. The molecule has 0 atom stereocenters. The molecule has 0 aliphatic carbocycles. The predicted octanol–water partition coefficient (Wildman–Crippen LogP) is 5.03. The molecule has 31 heavy (non-hydrogen) atoms. The van der Waals surface area contributed by atoms with Gasteiger partial charge in [-0.2, -0.15) is 0 Å². The van der Waals surface area contributed by atoms with Crippen LogP contribution in [0.15, 0.2) is 90.2 Å². The first-order valence-corrected chi connectivity index (χ1v) is 11.3.